The highest BCUT2D eigenvalue weighted by atomic mass is 32.1. The molecule has 0 spiro atoms. The molecule has 0 saturated heterocycles. The number of nitrogens with zero attached hydrogens (tertiary/aromatic N) is 1. The van der Waals surface area contributed by atoms with Crippen LogP contribution in [0.25, 0.3) is 0 Å². The van der Waals surface area contributed by atoms with Crippen molar-refractivity contribution < 1.29 is 9.90 Å². The molecule has 0 aliphatic carbocycles. The molecule has 96 valence electrons. The normalized spacial score (nSPS) is 12.3. The lowest BCUT2D eigenvalue weighted by molar-refractivity contribution is -0.120. The van der Waals surface area contributed by atoms with Crippen LogP contribution in [0.3, 0.4) is 0 Å². The minimum absolute atomic E-state index is 0.0642. The Kier molecular flexibility index (Phi) is 4.17. The Hall–Kier alpha value is -1.59. The number of aliphatic hydroxyl groups excluding tert-OH is 1. The fourth-order valence-electron chi connectivity index (χ4n) is 1.77. The fraction of sp³-hybridized carbons (Fsp3) is 0.308. The highest BCUT2D eigenvalue weighted by Gasteiger charge is 2.12. The third-order valence-corrected chi connectivity index (χ3v) is 3.61. The van der Waals surface area contributed by atoms with Crippen LogP contribution in [0.5, 0.6) is 0 Å². The molecule has 18 heavy (non-hydrogen) atoms. The van der Waals surface area contributed by atoms with Crippen molar-refractivity contribution in [1.82, 2.24) is 9.88 Å². The predicted molar refractivity (Wildman–Crippen MR) is 71.4 cm³/mol. The molecular weight excluding hydrogens is 248 g/mol. The summed E-state index contributed by atoms with van der Waals surface area (Å²) in [7, 11) is 1.87. The number of carbonyl (C=O) groups excluding carboxylic acids is 1. The summed E-state index contributed by atoms with van der Waals surface area (Å²) >= 11 is 1.56. The topological polar surface area (TPSA) is 54.3 Å². The van der Waals surface area contributed by atoms with E-state index < -0.39 is 6.10 Å². The number of thiophene rings is 1. The maximum atomic E-state index is 11.6. The minimum atomic E-state index is -0.669. The zero-order valence-electron chi connectivity index (χ0n) is 10.2. The van der Waals surface area contributed by atoms with E-state index in [0.717, 1.165) is 10.6 Å². The average molecular weight is 264 g/mol. The van der Waals surface area contributed by atoms with Crippen molar-refractivity contribution in [2.45, 2.75) is 12.5 Å². The van der Waals surface area contributed by atoms with E-state index in [2.05, 4.69) is 5.32 Å². The molecule has 2 heterocycles. The van der Waals surface area contributed by atoms with Crippen molar-refractivity contribution in [1.29, 1.82) is 0 Å². The zero-order valence-corrected chi connectivity index (χ0v) is 11.0. The molecule has 5 heteroatoms. The first-order valence-electron chi connectivity index (χ1n) is 5.75. The number of nitrogens with one attached hydrogen (secondary N) is 1. The van der Waals surface area contributed by atoms with E-state index in [9.17, 15) is 9.90 Å². The van der Waals surface area contributed by atoms with E-state index in [0.29, 0.717) is 6.42 Å². The van der Waals surface area contributed by atoms with Gasteiger partial charge in [0.15, 0.2) is 0 Å². The lowest BCUT2D eigenvalue weighted by atomic mass is 10.2. The van der Waals surface area contributed by atoms with Crippen molar-refractivity contribution in [2.24, 2.45) is 7.05 Å². The van der Waals surface area contributed by atoms with Gasteiger partial charge in [0.1, 0.15) is 6.10 Å². The molecule has 0 aliphatic rings. The fourth-order valence-corrected chi connectivity index (χ4v) is 2.47. The van der Waals surface area contributed by atoms with Gasteiger partial charge in [-0.15, -0.1) is 11.3 Å². The molecule has 4 nitrogen and oxygen atoms in total. The third kappa shape index (κ3) is 3.21. The molecule has 1 amide bonds. The smallest absolute Gasteiger partial charge is 0.225 e. The van der Waals surface area contributed by atoms with Gasteiger partial charge in [0.25, 0.3) is 0 Å². The van der Waals surface area contributed by atoms with E-state index in [-0.39, 0.29) is 12.5 Å². The van der Waals surface area contributed by atoms with Gasteiger partial charge >= 0.3 is 0 Å². The second-order valence-electron chi connectivity index (χ2n) is 4.12. The average Bonchev–Trinajstić information content (AvgIpc) is 2.97. The molecule has 0 saturated carbocycles. The molecule has 2 rings (SSSR count). The first-order valence-corrected chi connectivity index (χ1v) is 6.63. The van der Waals surface area contributed by atoms with E-state index >= 15 is 0 Å². The summed E-state index contributed by atoms with van der Waals surface area (Å²) in [6.07, 6.45) is 1.57. The number of amides is 1. The Bertz CT molecular complexity index is 505. The largest absolute Gasteiger partial charge is 0.385 e. The van der Waals surface area contributed by atoms with Crippen LogP contribution in [-0.2, 0) is 18.3 Å². The molecule has 1 unspecified atom stereocenters. The Morgan fingerprint density at radius 3 is 2.94 bits per heavy atom. The van der Waals surface area contributed by atoms with Gasteiger partial charge in [0, 0.05) is 30.4 Å². The van der Waals surface area contributed by atoms with Crippen molar-refractivity contribution >= 4 is 17.2 Å². The summed E-state index contributed by atoms with van der Waals surface area (Å²) in [4.78, 5) is 12.7. The first-order chi connectivity index (χ1) is 8.66. The lowest BCUT2D eigenvalue weighted by Crippen LogP contribution is -2.30. The first kappa shape index (κ1) is 12.9. The van der Waals surface area contributed by atoms with Gasteiger partial charge in [-0.05, 0) is 23.6 Å². The van der Waals surface area contributed by atoms with E-state index in [4.69, 9.17) is 0 Å². The number of carbonyl (C=O) groups is 1. The number of rotatable bonds is 5. The van der Waals surface area contributed by atoms with Crippen LogP contribution >= 0.6 is 11.3 Å². The van der Waals surface area contributed by atoms with Crippen LogP contribution in [0.1, 0.15) is 16.7 Å². The number of aryl methyl sites for hydroxylation is 1. The van der Waals surface area contributed by atoms with Gasteiger partial charge in [-0.25, -0.2) is 0 Å². The van der Waals surface area contributed by atoms with Gasteiger partial charge in [-0.2, -0.15) is 0 Å². The second kappa shape index (κ2) is 5.84. The van der Waals surface area contributed by atoms with Gasteiger partial charge in [0.05, 0.1) is 6.42 Å². The molecule has 2 N–H and O–H groups in total. The Morgan fingerprint density at radius 2 is 2.33 bits per heavy atom. The molecule has 2 aromatic heterocycles. The van der Waals surface area contributed by atoms with Gasteiger partial charge in [-0.1, -0.05) is 6.07 Å². The predicted octanol–water partition coefficient (Wildman–Crippen LogP) is 1.48. The van der Waals surface area contributed by atoms with Crippen LogP contribution in [-0.4, -0.2) is 22.1 Å². The molecule has 0 radical (unpaired) electrons. The van der Waals surface area contributed by atoms with Crippen LogP contribution in [0.15, 0.2) is 35.8 Å². The maximum absolute atomic E-state index is 11.6. The Labute approximate surface area is 110 Å². The minimum Gasteiger partial charge on any atom is -0.385 e. The van der Waals surface area contributed by atoms with Crippen LogP contribution in [0.4, 0.5) is 0 Å². The van der Waals surface area contributed by atoms with Gasteiger partial charge in [0.2, 0.25) is 5.91 Å². The van der Waals surface area contributed by atoms with Crippen molar-refractivity contribution in [3.63, 3.8) is 0 Å². The number of hydrogen-bond donors (Lipinski definition) is 2. The molecule has 1 atom stereocenters. The quantitative estimate of drug-likeness (QED) is 0.859. The van der Waals surface area contributed by atoms with Crippen molar-refractivity contribution in [3.8, 4) is 0 Å². The van der Waals surface area contributed by atoms with Crippen molar-refractivity contribution in [2.75, 3.05) is 6.54 Å². The second-order valence-corrected chi connectivity index (χ2v) is 5.15. The van der Waals surface area contributed by atoms with E-state index in [1.807, 2.05) is 47.5 Å². The molecule has 0 fully saturated rings. The summed E-state index contributed by atoms with van der Waals surface area (Å²) in [6, 6.07) is 7.56. The number of aromatic nitrogens is 1. The maximum Gasteiger partial charge on any atom is 0.225 e. The zero-order chi connectivity index (χ0) is 13.0. The van der Waals surface area contributed by atoms with E-state index in [1.54, 1.807) is 11.3 Å². The molecule has 0 aromatic carbocycles. The monoisotopic (exact) mass is 264 g/mol. The summed E-state index contributed by atoms with van der Waals surface area (Å²) < 4.78 is 1.84. The summed E-state index contributed by atoms with van der Waals surface area (Å²) in [6.45, 7) is 0.238. The molecule has 0 bridgehead atoms. The highest BCUT2D eigenvalue weighted by molar-refractivity contribution is 7.10. The van der Waals surface area contributed by atoms with E-state index in [1.165, 1.54) is 0 Å². The lowest BCUT2D eigenvalue weighted by Gasteiger charge is -2.12. The van der Waals surface area contributed by atoms with Gasteiger partial charge < -0.3 is 15.0 Å². The van der Waals surface area contributed by atoms with Gasteiger partial charge in [-0.3, -0.25) is 4.79 Å². The third-order valence-electron chi connectivity index (χ3n) is 2.73. The summed E-state index contributed by atoms with van der Waals surface area (Å²) in [5.41, 5.74) is 0.798. The summed E-state index contributed by atoms with van der Waals surface area (Å²) in [5.74, 6) is -0.0642. The Morgan fingerprint density at radius 1 is 1.50 bits per heavy atom. The number of hydrogen-bond acceptors (Lipinski definition) is 3. The highest BCUT2D eigenvalue weighted by Crippen LogP contribution is 2.12. The van der Waals surface area contributed by atoms with Crippen LogP contribution in [0, 0.1) is 0 Å². The molecule has 0 aliphatic heterocycles. The van der Waals surface area contributed by atoms with Crippen LogP contribution in [0.2, 0.25) is 0 Å². The Balaban J connectivity index is 1.81. The van der Waals surface area contributed by atoms with Crippen LogP contribution < -0.4 is 5.32 Å². The standard InChI is InChI=1S/C13H16N2O2S/c1-15-6-2-5-11(15)12(16)9-14-13(17)8-10-4-3-7-18-10/h2-7,12,16H,8-9H2,1H3,(H,14,17). The van der Waals surface area contributed by atoms with Crippen molar-refractivity contribution in [3.05, 3.63) is 46.4 Å². The number of aliphatic hydroxyl groups is 1. The molecule has 2 aromatic rings. The molecular formula is C13H16N2O2S. The SMILES string of the molecule is Cn1cccc1C(O)CNC(=O)Cc1cccs1. The summed E-state index contributed by atoms with van der Waals surface area (Å²) in [5, 5.41) is 14.6.